The number of carbonyl (C=O) groups is 1. The van der Waals surface area contributed by atoms with Crippen LogP contribution < -0.4 is 4.74 Å². The van der Waals surface area contributed by atoms with Crippen LogP contribution in [0.2, 0.25) is 0 Å². The van der Waals surface area contributed by atoms with Crippen molar-refractivity contribution in [3.8, 4) is 5.75 Å². The maximum Gasteiger partial charge on any atom is 0.499 e. The molecule has 2 atom stereocenters. The second kappa shape index (κ2) is 7.09. The van der Waals surface area contributed by atoms with Crippen LogP contribution in [0.4, 0.5) is 22.0 Å². The molecule has 0 saturated carbocycles. The quantitative estimate of drug-likeness (QED) is 0.611. The van der Waals surface area contributed by atoms with Gasteiger partial charge in [-0.15, -0.1) is 0 Å². The van der Waals surface area contributed by atoms with Crippen molar-refractivity contribution in [1.82, 2.24) is 0 Å². The van der Waals surface area contributed by atoms with Crippen LogP contribution in [-0.4, -0.2) is 41.7 Å². The minimum absolute atomic E-state index is 0.0101. The van der Waals surface area contributed by atoms with E-state index in [1.165, 1.54) is 0 Å². The predicted molar refractivity (Wildman–Crippen MR) is 65.7 cm³/mol. The molecule has 23 heavy (non-hydrogen) atoms. The molecule has 0 fully saturated rings. The molecule has 10 heteroatoms. The van der Waals surface area contributed by atoms with E-state index in [0.29, 0.717) is 0 Å². The van der Waals surface area contributed by atoms with Crippen LogP contribution >= 0.6 is 0 Å². The summed E-state index contributed by atoms with van der Waals surface area (Å²) in [6.07, 6.45) is -14.9. The molecular formula is C13H13F5O5. The van der Waals surface area contributed by atoms with Gasteiger partial charge in [-0.1, -0.05) is 12.1 Å². The Bertz CT molecular complexity index is 529. The highest BCUT2D eigenvalue weighted by molar-refractivity contribution is 5.69. The second-order valence-corrected chi connectivity index (χ2v) is 4.48. The normalized spacial score (nSPS) is 15.0. The third kappa shape index (κ3) is 5.03. The Morgan fingerprint density at radius 2 is 1.65 bits per heavy atom. The lowest BCUT2D eigenvalue weighted by molar-refractivity contribution is -0.360. The van der Waals surface area contributed by atoms with Gasteiger partial charge in [0.25, 0.3) is 0 Å². The van der Waals surface area contributed by atoms with Crippen LogP contribution in [0, 0.1) is 0 Å². The summed E-state index contributed by atoms with van der Waals surface area (Å²) in [4.78, 5) is 11.0. The Morgan fingerprint density at radius 3 is 2.09 bits per heavy atom. The zero-order valence-corrected chi connectivity index (χ0v) is 11.7. The molecule has 0 spiro atoms. The lowest BCUT2D eigenvalue weighted by Gasteiger charge is -2.21. The van der Waals surface area contributed by atoms with E-state index in [1.54, 1.807) is 0 Å². The molecule has 0 aliphatic rings. The third-order valence-electron chi connectivity index (χ3n) is 2.77. The largest absolute Gasteiger partial charge is 0.499 e. The maximum atomic E-state index is 12.7. The number of carbonyl (C=O) groups excluding carboxylic acids is 1. The molecule has 5 nitrogen and oxygen atoms in total. The van der Waals surface area contributed by atoms with E-state index in [9.17, 15) is 37.0 Å². The molecule has 1 aromatic rings. The maximum absolute atomic E-state index is 12.7. The Labute approximate surface area is 127 Å². The predicted octanol–water partition coefficient (Wildman–Crippen LogP) is 2.18. The van der Waals surface area contributed by atoms with Crippen molar-refractivity contribution in [1.29, 1.82) is 0 Å². The molecule has 2 N–H and O–H groups in total. The molecule has 0 aliphatic heterocycles. The van der Waals surface area contributed by atoms with Crippen molar-refractivity contribution in [2.45, 2.75) is 30.9 Å². The van der Waals surface area contributed by atoms with Gasteiger partial charge in [-0.05, 0) is 17.7 Å². The van der Waals surface area contributed by atoms with Gasteiger partial charge in [-0.3, -0.25) is 4.79 Å². The highest BCUT2D eigenvalue weighted by atomic mass is 19.4. The fourth-order valence-corrected chi connectivity index (χ4v) is 1.53. The smallest absolute Gasteiger partial charge is 0.469 e. The van der Waals surface area contributed by atoms with E-state index in [0.717, 1.165) is 31.4 Å². The highest BCUT2D eigenvalue weighted by Crippen LogP contribution is 2.37. The molecule has 0 heterocycles. The lowest BCUT2D eigenvalue weighted by Crippen LogP contribution is -2.41. The number of alkyl halides is 5. The molecule has 130 valence electrons. The zero-order chi connectivity index (χ0) is 17.8. The van der Waals surface area contributed by atoms with E-state index in [-0.39, 0.29) is 5.56 Å². The number of esters is 1. The number of ether oxygens (including phenoxy) is 2. The SMILES string of the molecule is COC(=O)CC(O)C(O)c1ccc(OC(F)(F)C(F)(F)F)cc1. The molecule has 2 unspecified atom stereocenters. The summed E-state index contributed by atoms with van der Waals surface area (Å²) in [5, 5.41) is 19.3. The van der Waals surface area contributed by atoms with E-state index >= 15 is 0 Å². The molecule has 0 aliphatic carbocycles. The van der Waals surface area contributed by atoms with Crippen LogP contribution in [0.15, 0.2) is 24.3 Å². The van der Waals surface area contributed by atoms with Gasteiger partial charge in [0.1, 0.15) is 11.9 Å². The number of aliphatic hydroxyl groups excluding tert-OH is 2. The van der Waals surface area contributed by atoms with Gasteiger partial charge < -0.3 is 19.7 Å². The van der Waals surface area contributed by atoms with Crippen LogP contribution in [0.1, 0.15) is 18.1 Å². The van der Waals surface area contributed by atoms with Gasteiger partial charge in [-0.2, -0.15) is 22.0 Å². The van der Waals surface area contributed by atoms with Gasteiger partial charge in [-0.25, -0.2) is 0 Å². The molecule has 0 radical (unpaired) electrons. The molecular weight excluding hydrogens is 331 g/mol. The van der Waals surface area contributed by atoms with E-state index in [1.807, 2.05) is 0 Å². The first-order valence-corrected chi connectivity index (χ1v) is 6.14. The number of hydrogen-bond donors (Lipinski definition) is 2. The number of benzene rings is 1. The van der Waals surface area contributed by atoms with Crippen molar-refractivity contribution >= 4 is 5.97 Å². The average molecular weight is 344 g/mol. The lowest BCUT2D eigenvalue weighted by atomic mass is 10.0. The molecule has 1 aromatic carbocycles. The van der Waals surface area contributed by atoms with E-state index < -0.39 is 42.6 Å². The Morgan fingerprint density at radius 1 is 1.13 bits per heavy atom. The molecule has 0 bridgehead atoms. The van der Waals surface area contributed by atoms with Crippen molar-refractivity contribution in [2.24, 2.45) is 0 Å². The zero-order valence-electron chi connectivity index (χ0n) is 11.7. The summed E-state index contributed by atoms with van der Waals surface area (Å²) >= 11 is 0. The minimum atomic E-state index is -5.87. The van der Waals surface area contributed by atoms with Gasteiger partial charge >= 0.3 is 18.3 Å². The Hall–Kier alpha value is -1.94. The minimum Gasteiger partial charge on any atom is -0.469 e. The van der Waals surface area contributed by atoms with E-state index in [4.69, 9.17) is 0 Å². The van der Waals surface area contributed by atoms with Crippen molar-refractivity contribution in [2.75, 3.05) is 7.11 Å². The number of aliphatic hydroxyl groups is 2. The summed E-state index contributed by atoms with van der Waals surface area (Å²) in [6.45, 7) is 0. The number of rotatable bonds is 6. The highest BCUT2D eigenvalue weighted by Gasteiger charge is 2.61. The monoisotopic (exact) mass is 344 g/mol. The third-order valence-corrected chi connectivity index (χ3v) is 2.77. The second-order valence-electron chi connectivity index (χ2n) is 4.48. The fraction of sp³-hybridized carbons (Fsp3) is 0.462. The molecule has 0 amide bonds. The number of methoxy groups -OCH3 is 1. The summed E-state index contributed by atoms with van der Waals surface area (Å²) in [7, 11) is 1.08. The first-order valence-electron chi connectivity index (χ1n) is 6.14. The fourth-order valence-electron chi connectivity index (χ4n) is 1.53. The first kappa shape index (κ1) is 19.1. The first-order chi connectivity index (χ1) is 10.5. The van der Waals surface area contributed by atoms with Crippen molar-refractivity contribution < 1.29 is 46.4 Å². The topological polar surface area (TPSA) is 76.0 Å². The molecule has 0 saturated heterocycles. The Balaban J connectivity index is 2.78. The standard InChI is InChI=1S/C13H13F5O5/c1-22-10(20)6-9(19)11(21)7-2-4-8(5-3-7)23-13(17,18)12(14,15)16/h2-5,9,11,19,21H,6H2,1H3. The summed E-state index contributed by atoms with van der Waals surface area (Å²) in [6, 6.07) is 3.49. The summed E-state index contributed by atoms with van der Waals surface area (Å²) in [5.41, 5.74) is -0.0101. The van der Waals surface area contributed by atoms with Crippen LogP contribution in [-0.2, 0) is 9.53 Å². The summed E-state index contributed by atoms with van der Waals surface area (Å²) < 4.78 is 69.2. The average Bonchev–Trinajstić information content (AvgIpc) is 2.45. The van der Waals surface area contributed by atoms with Gasteiger partial charge in [0, 0.05) is 0 Å². The van der Waals surface area contributed by atoms with Crippen LogP contribution in [0.3, 0.4) is 0 Å². The van der Waals surface area contributed by atoms with Gasteiger partial charge in [0.15, 0.2) is 0 Å². The number of halogens is 5. The van der Waals surface area contributed by atoms with Gasteiger partial charge in [0.2, 0.25) is 0 Å². The summed E-state index contributed by atoms with van der Waals surface area (Å²) in [5.74, 6) is -1.58. The van der Waals surface area contributed by atoms with Crippen molar-refractivity contribution in [3.63, 3.8) is 0 Å². The number of hydrogen-bond acceptors (Lipinski definition) is 5. The van der Waals surface area contributed by atoms with E-state index in [2.05, 4.69) is 9.47 Å². The van der Waals surface area contributed by atoms with Gasteiger partial charge in [0.05, 0.1) is 19.6 Å². The van der Waals surface area contributed by atoms with Crippen LogP contribution in [0.5, 0.6) is 5.75 Å². The van der Waals surface area contributed by atoms with Crippen LogP contribution in [0.25, 0.3) is 0 Å². The Kier molecular flexibility index (Phi) is 5.89. The molecule has 1 rings (SSSR count). The van der Waals surface area contributed by atoms with Crippen molar-refractivity contribution in [3.05, 3.63) is 29.8 Å². The molecule has 0 aromatic heterocycles.